The Hall–Kier alpha value is -4.18. The Morgan fingerprint density at radius 1 is 0.951 bits per heavy atom. The molecule has 0 saturated heterocycles. The second-order valence-corrected chi connectivity index (χ2v) is 10.1. The predicted molar refractivity (Wildman–Crippen MR) is 151 cm³/mol. The molecule has 0 aliphatic carbocycles. The number of fused-ring (bicyclic) bond motifs is 1. The van der Waals surface area contributed by atoms with Gasteiger partial charge < -0.3 is 33.2 Å². The lowest BCUT2D eigenvalue weighted by atomic mass is 9.91. The predicted octanol–water partition coefficient (Wildman–Crippen LogP) is 4.41. The van der Waals surface area contributed by atoms with E-state index in [4.69, 9.17) is 28.1 Å². The largest absolute Gasteiger partial charge is 0.502 e. The zero-order valence-electron chi connectivity index (χ0n) is 24.3. The Kier molecular flexibility index (Phi) is 9.44. The fourth-order valence-electron chi connectivity index (χ4n) is 5.03. The number of hydrogen-bond donors (Lipinski definition) is 1. The molecule has 0 unspecified atom stereocenters. The van der Waals surface area contributed by atoms with Crippen molar-refractivity contribution in [2.75, 3.05) is 35.0 Å². The molecule has 0 amide bonds. The number of benzene rings is 2. The van der Waals surface area contributed by atoms with Crippen LogP contribution in [-0.2, 0) is 29.0 Å². The SMILES string of the molecule is COC(=O)C[C@H](c1ccc(OC(C)C)c(OC)c1)c1oc(CN2CCc3cc(OC)c(OC)cc3C2)cc(=O)c1O. The van der Waals surface area contributed by atoms with E-state index < -0.39 is 23.1 Å². The van der Waals surface area contributed by atoms with Crippen molar-refractivity contribution >= 4 is 5.97 Å². The molecule has 0 saturated carbocycles. The summed E-state index contributed by atoms with van der Waals surface area (Å²) in [5.41, 5.74) is 2.26. The van der Waals surface area contributed by atoms with Crippen molar-refractivity contribution in [1.82, 2.24) is 4.90 Å². The normalized spacial score (nSPS) is 13.8. The third-order valence-corrected chi connectivity index (χ3v) is 7.04. The van der Waals surface area contributed by atoms with E-state index in [0.717, 1.165) is 18.5 Å². The van der Waals surface area contributed by atoms with Gasteiger partial charge in [0, 0.05) is 19.2 Å². The molecule has 10 nitrogen and oxygen atoms in total. The van der Waals surface area contributed by atoms with E-state index in [9.17, 15) is 14.7 Å². The van der Waals surface area contributed by atoms with Crippen LogP contribution in [0.1, 0.15) is 54.4 Å². The molecule has 1 aliphatic rings. The molecule has 220 valence electrons. The maximum atomic E-state index is 12.9. The van der Waals surface area contributed by atoms with Gasteiger partial charge in [-0.25, -0.2) is 0 Å². The maximum Gasteiger partial charge on any atom is 0.306 e. The van der Waals surface area contributed by atoms with Crippen LogP contribution < -0.4 is 24.4 Å². The van der Waals surface area contributed by atoms with E-state index in [-0.39, 0.29) is 18.3 Å². The number of nitrogens with zero attached hydrogens (tertiary/aromatic N) is 1. The van der Waals surface area contributed by atoms with Gasteiger partial charge in [0.1, 0.15) is 5.76 Å². The molecular weight excluding hydrogens is 530 g/mol. The maximum absolute atomic E-state index is 12.9. The summed E-state index contributed by atoms with van der Waals surface area (Å²) < 4.78 is 33.3. The second kappa shape index (κ2) is 13.0. The average molecular weight is 568 g/mol. The highest BCUT2D eigenvalue weighted by atomic mass is 16.5. The number of aromatic hydroxyl groups is 1. The zero-order chi connectivity index (χ0) is 29.7. The molecule has 3 aromatic rings. The van der Waals surface area contributed by atoms with Crippen molar-refractivity contribution in [3.05, 3.63) is 74.8 Å². The molecular formula is C31H37NO9. The number of esters is 1. The number of carbonyl (C=O) groups excluding carboxylic acids is 1. The van der Waals surface area contributed by atoms with Crippen molar-refractivity contribution in [2.24, 2.45) is 0 Å². The molecule has 0 radical (unpaired) electrons. The Morgan fingerprint density at radius 2 is 1.61 bits per heavy atom. The lowest BCUT2D eigenvalue weighted by Crippen LogP contribution is -2.30. The lowest BCUT2D eigenvalue weighted by molar-refractivity contribution is -0.140. The first-order chi connectivity index (χ1) is 19.7. The van der Waals surface area contributed by atoms with Crippen LogP contribution in [0, 0.1) is 0 Å². The number of carbonyl (C=O) groups is 1. The topological polar surface area (TPSA) is 117 Å². The van der Waals surface area contributed by atoms with E-state index in [1.54, 1.807) is 32.4 Å². The minimum atomic E-state index is -0.809. The van der Waals surface area contributed by atoms with Gasteiger partial charge >= 0.3 is 5.97 Å². The molecule has 2 heterocycles. The van der Waals surface area contributed by atoms with Crippen LogP contribution >= 0.6 is 0 Å². The fraction of sp³-hybridized carbons (Fsp3) is 0.419. The highest BCUT2D eigenvalue weighted by Crippen LogP contribution is 2.39. The van der Waals surface area contributed by atoms with Crippen LogP contribution in [0.15, 0.2) is 45.6 Å². The van der Waals surface area contributed by atoms with Crippen molar-refractivity contribution in [3.63, 3.8) is 0 Å². The zero-order valence-corrected chi connectivity index (χ0v) is 24.3. The highest BCUT2D eigenvalue weighted by molar-refractivity contribution is 5.71. The summed E-state index contributed by atoms with van der Waals surface area (Å²) >= 11 is 0. The summed E-state index contributed by atoms with van der Waals surface area (Å²) in [5.74, 6) is 0.782. The second-order valence-electron chi connectivity index (χ2n) is 10.1. The summed E-state index contributed by atoms with van der Waals surface area (Å²) in [6.07, 6.45) is 0.535. The molecule has 0 bridgehead atoms. The first-order valence-corrected chi connectivity index (χ1v) is 13.4. The van der Waals surface area contributed by atoms with Crippen molar-refractivity contribution < 1.29 is 38.0 Å². The average Bonchev–Trinajstić information content (AvgIpc) is 2.96. The third-order valence-electron chi connectivity index (χ3n) is 7.04. The molecule has 2 aromatic carbocycles. The standard InChI is InChI=1S/C31H37NO9/c1-18(2)40-25-8-7-20(12-26(25)36-3)23(15-29(34)39-6)31-30(35)24(33)14-22(41-31)17-32-10-9-19-11-27(37-4)28(38-5)13-21(19)16-32/h7-8,11-14,18,23,35H,9-10,15-17H2,1-6H3/t23-/m1/s1. The molecule has 0 spiro atoms. The summed E-state index contributed by atoms with van der Waals surface area (Å²) in [5, 5.41) is 10.8. The van der Waals surface area contributed by atoms with Crippen molar-refractivity contribution in [1.29, 1.82) is 0 Å². The fourth-order valence-corrected chi connectivity index (χ4v) is 5.03. The van der Waals surface area contributed by atoms with Gasteiger partial charge in [0.25, 0.3) is 0 Å². The Balaban J connectivity index is 1.67. The molecule has 1 atom stereocenters. The number of hydrogen-bond acceptors (Lipinski definition) is 10. The van der Waals surface area contributed by atoms with Gasteiger partial charge in [-0.15, -0.1) is 0 Å². The van der Waals surface area contributed by atoms with Crippen LogP contribution in [0.3, 0.4) is 0 Å². The molecule has 41 heavy (non-hydrogen) atoms. The van der Waals surface area contributed by atoms with Gasteiger partial charge in [-0.1, -0.05) is 6.07 Å². The minimum Gasteiger partial charge on any atom is -0.502 e. The molecule has 1 N–H and O–H groups in total. The van der Waals surface area contributed by atoms with Gasteiger partial charge in [-0.05, 0) is 61.2 Å². The first kappa shape index (κ1) is 29.8. The number of rotatable bonds is 11. The van der Waals surface area contributed by atoms with E-state index in [0.29, 0.717) is 47.4 Å². The molecule has 1 aromatic heterocycles. The van der Waals surface area contributed by atoms with Crippen LogP contribution in [0.5, 0.6) is 28.7 Å². The quantitative estimate of drug-likeness (QED) is 0.334. The van der Waals surface area contributed by atoms with E-state index in [2.05, 4.69) is 4.90 Å². The van der Waals surface area contributed by atoms with Crippen molar-refractivity contribution in [3.8, 4) is 28.7 Å². The summed E-state index contributed by atoms with van der Waals surface area (Å²) in [6, 6.07) is 10.4. The summed E-state index contributed by atoms with van der Waals surface area (Å²) in [6.45, 7) is 5.46. The van der Waals surface area contributed by atoms with Crippen LogP contribution in [0.4, 0.5) is 0 Å². The highest BCUT2D eigenvalue weighted by Gasteiger charge is 2.28. The van der Waals surface area contributed by atoms with Gasteiger partial charge in [-0.2, -0.15) is 0 Å². The van der Waals surface area contributed by atoms with Gasteiger partial charge in [0.2, 0.25) is 11.2 Å². The van der Waals surface area contributed by atoms with Crippen LogP contribution in [-0.4, -0.2) is 57.1 Å². The number of ether oxygens (including phenoxy) is 5. The Morgan fingerprint density at radius 3 is 2.24 bits per heavy atom. The van der Waals surface area contributed by atoms with Gasteiger partial charge in [-0.3, -0.25) is 14.5 Å². The summed E-state index contributed by atoms with van der Waals surface area (Å²) in [7, 11) is 6.01. The van der Waals surface area contributed by atoms with Crippen LogP contribution in [0.2, 0.25) is 0 Å². The van der Waals surface area contributed by atoms with E-state index in [1.165, 1.54) is 25.8 Å². The molecule has 1 aliphatic heterocycles. The summed E-state index contributed by atoms with van der Waals surface area (Å²) in [4.78, 5) is 27.5. The van der Waals surface area contributed by atoms with Gasteiger partial charge in [0.15, 0.2) is 28.8 Å². The minimum absolute atomic E-state index is 0.0127. The molecule has 10 heteroatoms. The van der Waals surface area contributed by atoms with E-state index in [1.807, 2.05) is 26.0 Å². The van der Waals surface area contributed by atoms with Gasteiger partial charge in [0.05, 0.1) is 53.4 Å². The number of methoxy groups -OCH3 is 4. The van der Waals surface area contributed by atoms with Crippen molar-refractivity contribution in [2.45, 2.75) is 51.8 Å². The molecule has 4 rings (SSSR count). The first-order valence-electron chi connectivity index (χ1n) is 13.4. The Bertz CT molecular complexity index is 1450. The monoisotopic (exact) mass is 567 g/mol. The Labute approximate surface area is 239 Å². The lowest BCUT2D eigenvalue weighted by Gasteiger charge is -2.29. The van der Waals surface area contributed by atoms with Crippen LogP contribution in [0.25, 0.3) is 0 Å². The van der Waals surface area contributed by atoms with E-state index >= 15 is 0 Å². The smallest absolute Gasteiger partial charge is 0.306 e. The third kappa shape index (κ3) is 6.77. The molecule has 0 fully saturated rings.